The Kier molecular flexibility index (Phi) is 8.96. The lowest BCUT2D eigenvalue weighted by molar-refractivity contribution is -0.122. The first kappa shape index (κ1) is 22.9. The normalized spacial score (nSPS) is 19.9. The van der Waals surface area contributed by atoms with Gasteiger partial charge in [0.2, 0.25) is 15.9 Å². The third-order valence-corrected chi connectivity index (χ3v) is 7.91. The van der Waals surface area contributed by atoms with Crippen molar-refractivity contribution in [3.63, 3.8) is 0 Å². The van der Waals surface area contributed by atoms with E-state index in [1.165, 1.54) is 36.4 Å². The second-order valence-electron chi connectivity index (χ2n) is 7.74. The molecule has 0 spiro atoms. The number of benzene rings is 1. The van der Waals surface area contributed by atoms with Gasteiger partial charge in [0.1, 0.15) is 0 Å². The van der Waals surface area contributed by atoms with E-state index in [1.54, 1.807) is 12.1 Å². The monoisotopic (exact) mass is 408 g/mol. The lowest BCUT2D eigenvalue weighted by atomic mass is 9.96. The highest BCUT2D eigenvalue weighted by Crippen LogP contribution is 2.30. The van der Waals surface area contributed by atoms with E-state index in [9.17, 15) is 13.2 Å². The van der Waals surface area contributed by atoms with Crippen LogP contribution in [0.2, 0.25) is 0 Å². The first-order chi connectivity index (χ1) is 13.4. The average molecular weight is 409 g/mol. The second kappa shape index (κ2) is 11.0. The van der Waals surface area contributed by atoms with E-state index in [2.05, 4.69) is 12.2 Å². The van der Waals surface area contributed by atoms with Crippen molar-refractivity contribution in [2.24, 2.45) is 5.92 Å². The van der Waals surface area contributed by atoms with Crippen molar-refractivity contribution < 1.29 is 13.2 Å². The fraction of sp³-hybridized carbons (Fsp3) is 0.682. The molecule has 6 heteroatoms. The molecule has 1 aromatic carbocycles. The van der Waals surface area contributed by atoms with E-state index in [4.69, 9.17) is 0 Å². The number of sulfonamides is 1. The highest BCUT2D eigenvalue weighted by Gasteiger charge is 2.27. The second-order valence-corrected chi connectivity index (χ2v) is 9.68. The molecule has 2 unspecified atom stereocenters. The van der Waals surface area contributed by atoms with E-state index in [0.29, 0.717) is 42.8 Å². The fourth-order valence-electron chi connectivity index (χ4n) is 4.12. The van der Waals surface area contributed by atoms with Crippen molar-refractivity contribution >= 4 is 15.9 Å². The molecule has 0 aromatic heterocycles. The number of nitrogens with one attached hydrogen (secondary N) is 1. The Morgan fingerprint density at radius 1 is 1.11 bits per heavy atom. The summed E-state index contributed by atoms with van der Waals surface area (Å²) in [6.07, 6.45) is 8.26. The minimum atomic E-state index is -3.42. The number of carbonyl (C=O) groups excluding carboxylic acids is 1. The van der Waals surface area contributed by atoms with Gasteiger partial charge in [-0.2, -0.15) is 4.31 Å². The van der Waals surface area contributed by atoms with Gasteiger partial charge in [-0.25, -0.2) is 8.42 Å². The summed E-state index contributed by atoms with van der Waals surface area (Å²) < 4.78 is 26.5. The molecule has 0 aliphatic heterocycles. The molecule has 0 heterocycles. The molecular formula is C22H36N2O3S. The molecule has 2 atom stereocenters. The molecule has 1 aromatic rings. The number of hydrogen-bond donors (Lipinski definition) is 1. The first-order valence-electron chi connectivity index (χ1n) is 10.8. The van der Waals surface area contributed by atoms with Gasteiger partial charge in [0, 0.05) is 25.6 Å². The number of rotatable bonds is 11. The Morgan fingerprint density at radius 2 is 1.79 bits per heavy atom. The summed E-state index contributed by atoms with van der Waals surface area (Å²) in [5.41, 5.74) is 0.989. The van der Waals surface area contributed by atoms with Gasteiger partial charge in [0.05, 0.1) is 4.90 Å². The van der Waals surface area contributed by atoms with Gasteiger partial charge in [0.25, 0.3) is 0 Å². The molecule has 1 aliphatic rings. The third kappa shape index (κ3) is 6.05. The van der Waals surface area contributed by atoms with Crippen LogP contribution in [0.1, 0.15) is 71.3 Å². The van der Waals surface area contributed by atoms with Crippen LogP contribution in [-0.2, 0) is 21.2 Å². The van der Waals surface area contributed by atoms with Crippen molar-refractivity contribution in [3.05, 3.63) is 29.8 Å². The van der Waals surface area contributed by atoms with Crippen LogP contribution in [0.25, 0.3) is 0 Å². The maximum absolute atomic E-state index is 12.5. The molecular weight excluding hydrogens is 372 g/mol. The molecule has 1 fully saturated rings. The van der Waals surface area contributed by atoms with E-state index >= 15 is 0 Å². The topological polar surface area (TPSA) is 66.5 Å². The third-order valence-electron chi connectivity index (χ3n) is 5.84. The lowest BCUT2D eigenvalue weighted by Gasteiger charge is -2.21. The van der Waals surface area contributed by atoms with Crippen LogP contribution in [0, 0.1) is 5.92 Å². The number of hydrogen-bond acceptors (Lipinski definition) is 3. The summed E-state index contributed by atoms with van der Waals surface area (Å²) in [7, 11) is -3.42. The van der Waals surface area contributed by atoms with Crippen molar-refractivity contribution in [1.29, 1.82) is 0 Å². The minimum Gasteiger partial charge on any atom is -0.353 e. The highest BCUT2D eigenvalue weighted by molar-refractivity contribution is 7.89. The summed E-state index contributed by atoms with van der Waals surface area (Å²) >= 11 is 0. The van der Waals surface area contributed by atoms with Gasteiger partial charge in [-0.3, -0.25) is 4.79 Å². The van der Waals surface area contributed by atoms with Crippen molar-refractivity contribution in [2.45, 2.75) is 83.1 Å². The molecule has 1 N–H and O–H groups in total. The molecule has 1 amide bonds. The number of nitrogens with zero attached hydrogens (tertiary/aromatic N) is 1. The Morgan fingerprint density at radius 3 is 2.39 bits per heavy atom. The first-order valence-corrected chi connectivity index (χ1v) is 12.2. The van der Waals surface area contributed by atoms with Gasteiger partial charge >= 0.3 is 0 Å². The zero-order chi connectivity index (χ0) is 20.6. The Bertz CT molecular complexity index is 712. The van der Waals surface area contributed by atoms with Crippen LogP contribution in [0.15, 0.2) is 29.2 Å². The molecule has 1 saturated carbocycles. The number of amides is 1. The maximum atomic E-state index is 12.5. The number of carbonyl (C=O) groups is 1. The molecule has 5 nitrogen and oxygen atoms in total. The number of unbranched alkanes of at least 4 members (excludes halogenated alkanes) is 1. The lowest BCUT2D eigenvalue weighted by Crippen LogP contribution is -2.37. The zero-order valence-corrected chi connectivity index (χ0v) is 18.4. The summed E-state index contributed by atoms with van der Waals surface area (Å²) in [5, 5.41) is 3.23. The van der Waals surface area contributed by atoms with Crippen LogP contribution in [0.4, 0.5) is 0 Å². The molecule has 28 heavy (non-hydrogen) atoms. The quantitative estimate of drug-likeness (QED) is 0.599. The van der Waals surface area contributed by atoms with E-state index in [-0.39, 0.29) is 5.91 Å². The molecule has 1 aliphatic carbocycles. The molecule has 158 valence electrons. The van der Waals surface area contributed by atoms with Gasteiger partial charge in [0.15, 0.2) is 0 Å². The van der Waals surface area contributed by atoms with Crippen LogP contribution in [-0.4, -0.2) is 37.8 Å². The smallest absolute Gasteiger partial charge is 0.243 e. The summed E-state index contributed by atoms with van der Waals surface area (Å²) in [5.74, 6) is 0.738. The van der Waals surface area contributed by atoms with Gasteiger partial charge in [-0.05, 0) is 49.3 Å². The molecule has 2 rings (SSSR count). The summed E-state index contributed by atoms with van der Waals surface area (Å²) in [6, 6.07) is 7.28. The summed E-state index contributed by atoms with van der Waals surface area (Å²) in [4.78, 5) is 12.7. The molecule has 0 bridgehead atoms. The maximum Gasteiger partial charge on any atom is 0.243 e. The summed E-state index contributed by atoms with van der Waals surface area (Å²) in [6.45, 7) is 6.81. The van der Waals surface area contributed by atoms with Gasteiger partial charge in [-0.1, -0.05) is 52.2 Å². The van der Waals surface area contributed by atoms with Crippen LogP contribution in [0.5, 0.6) is 0 Å². The zero-order valence-electron chi connectivity index (χ0n) is 17.6. The fourth-order valence-corrected chi connectivity index (χ4v) is 5.57. The van der Waals surface area contributed by atoms with E-state index in [1.807, 2.05) is 26.0 Å². The highest BCUT2D eigenvalue weighted by atomic mass is 32.2. The Labute approximate surface area is 170 Å². The SMILES string of the molecule is CCCCC1CCCC1NC(=O)CCc1ccc(S(=O)(=O)N(CC)CC)cc1. The molecule has 0 radical (unpaired) electrons. The van der Waals surface area contributed by atoms with Crippen molar-refractivity contribution in [3.8, 4) is 0 Å². The number of aryl methyl sites for hydroxylation is 1. The Hall–Kier alpha value is -1.40. The van der Waals surface area contributed by atoms with Gasteiger partial charge in [-0.15, -0.1) is 0 Å². The van der Waals surface area contributed by atoms with Crippen molar-refractivity contribution in [1.82, 2.24) is 9.62 Å². The standard InChI is InChI=1S/C22H36N2O3S/c1-4-7-9-19-10-8-11-21(19)23-22(25)17-14-18-12-15-20(16-13-18)28(26,27)24(5-2)6-3/h12-13,15-16,19,21H,4-11,14,17H2,1-3H3,(H,23,25). The predicted molar refractivity (Wildman–Crippen MR) is 114 cm³/mol. The van der Waals surface area contributed by atoms with E-state index in [0.717, 1.165) is 12.0 Å². The largest absolute Gasteiger partial charge is 0.353 e. The average Bonchev–Trinajstić information content (AvgIpc) is 3.12. The van der Waals surface area contributed by atoms with Crippen LogP contribution < -0.4 is 5.32 Å². The van der Waals surface area contributed by atoms with E-state index < -0.39 is 10.0 Å². The van der Waals surface area contributed by atoms with Gasteiger partial charge < -0.3 is 5.32 Å². The predicted octanol–water partition coefficient (Wildman–Crippen LogP) is 4.12. The van der Waals surface area contributed by atoms with Crippen LogP contribution >= 0.6 is 0 Å². The minimum absolute atomic E-state index is 0.105. The van der Waals surface area contributed by atoms with Crippen LogP contribution in [0.3, 0.4) is 0 Å². The Balaban J connectivity index is 1.87. The molecule has 0 saturated heterocycles. The van der Waals surface area contributed by atoms with Crippen molar-refractivity contribution in [2.75, 3.05) is 13.1 Å².